The van der Waals surface area contributed by atoms with E-state index in [1.165, 1.54) is 13.8 Å². The van der Waals surface area contributed by atoms with Crippen LogP contribution in [0, 0.1) is 35.0 Å². The number of nitriles is 1. The lowest BCUT2D eigenvalue weighted by Crippen LogP contribution is -2.59. The van der Waals surface area contributed by atoms with E-state index in [1.807, 2.05) is 39.5 Å². The van der Waals surface area contributed by atoms with Gasteiger partial charge < -0.3 is 50.0 Å². The number of cyclic esters (lactones) is 1. The number of carbonyl (C=O) groups excluding carboxylic acids is 2. The summed E-state index contributed by atoms with van der Waals surface area (Å²) in [5.74, 6) is -3.08. The van der Waals surface area contributed by atoms with Crippen molar-refractivity contribution in [3.63, 3.8) is 0 Å². The standard InChI is InChI=1S/C38H70N4O10/c1-12-29-38(11,49)32(45)28(9)42(18-14-17-41(16-13-15-39)36(47)40-22(2)3)21-23(4)20-37(10,48)33(26(7)31(44)27(8)34(46)51-29)52-35-30(43)24(5)19-25(6)50-35/h22-33,35,43-45,48-49H,12-14,16-21H2,1-11H3,(H,40,47)/t23-,24-,25+,26+,27-,28-,29-,30+,31+,32-,33-,35-,37-,38-/m1/s1. The Morgan fingerprint density at radius 3 is 2.31 bits per heavy atom. The van der Waals surface area contributed by atoms with Gasteiger partial charge in [0.05, 0.1) is 42.3 Å². The Bertz CT molecular complexity index is 1170. The summed E-state index contributed by atoms with van der Waals surface area (Å²) in [6.45, 7) is 20.5. The molecule has 0 aromatic rings. The molecule has 2 fully saturated rings. The van der Waals surface area contributed by atoms with E-state index in [9.17, 15) is 40.4 Å². The highest BCUT2D eigenvalue weighted by atomic mass is 16.7. The number of rotatable bonds is 10. The van der Waals surface area contributed by atoms with Gasteiger partial charge in [-0.1, -0.05) is 27.7 Å². The maximum Gasteiger partial charge on any atom is 0.317 e. The highest BCUT2D eigenvalue weighted by Gasteiger charge is 2.49. The Morgan fingerprint density at radius 2 is 1.73 bits per heavy atom. The predicted octanol–water partition coefficient (Wildman–Crippen LogP) is 2.78. The van der Waals surface area contributed by atoms with Gasteiger partial charge in [-0.2, -0.15) is 5.26 Å². The minimum absolute atomic E-state index is 0.0874. The Morgan fingerprint density at radius 1 is 1.10 bits per heavy atom. The van der Waals surface area contributed by atoms with Crippen LogP contribution in [0.5, 0.6) is 0 Å². The number of aliphatic hydroxyl groups is 5. The Hall–Kier alpha value is -2.09. The van der Waals surface area contributed by atoms with Crippen LogP contribution in [-0.4, -0.2) is 140 Å². The number of urea groups is 1. The summed E-state index contributed by atoms with van der Waals surface area (Å²) in [6, 6.07) is 1.06. The normalized spacial score (nSPS) is 40.3. The van der Waals surface area contributed by atoms with Gasteiger partial charge >= 0.3 is 12.0 Å². The van der Waals surface area contributed by atoms with E-state index in [0.29, 0.717) is 32.5 Å². The molecule has 2 heterocycles. The molecule has 14 atom stereocenters. The van der Waals surface area contributed by atoms with Gasteiger partial charge in [-0.3, -0.25) is 9.69 Å². The number of hydrogen-bond acceptors (Lipinski definition) is 12. The second kappa shape index (κ2) is 20.0. The van der Waals surface area contributed by atoms with E-state index < -0.39 is 71.9 Å². The Balaban J connectivity index is 2.54. The van der Waals surface area contributed by atoms with Crippen LogP contribution in [0.15, 0.2) is 0 Å². The van der Waals surface area contributed by atoms with Crippen molar-refractivity contribution in [2.45, 2.75) is 174 Å². The zero-order chi connectivity index (χ0) is 39.7. The molecular weight excluding hydrogens is 672 g/mol. The molecule has 302 valence electrons. The zero-order valence-electron chi connectivity index (χ0n) is 33.5. The topological polar surface area (TPSA) is 205 Å². The van der Waals surface area contributed by atoms with E-state index >= 15 is 0 Å². The summed E-state index contributed by atoms with van der Waals surface area (Å²) >= 11 is 0. The van der Waals surface area contributed by atoms with E-state index in [1.54, 1.807) is 32.6 Å². The van der Waals surface area contributed by atoms with Crippen LogP contribution in [-0.2, 0) is 19.0 Å². The van der Waals surface area contributed by atoms with E-state index in [-0.39, 0.29) is 55.8 Å². The number of nitrogens with one attached hydrogen (secondary N) is 1. The van der Waals surface area contributed by atoms with Crippen molar-refractivity contribution in [3.8, 4) is 6.07 Å². The van der Waals surface area contributed by atoms with Crippen LogP contribution in [0.25, 0.3) is 0 Å². The SMILES string of the molecule is CC[C@H]1OC(=O)[C@H](C)[C@@H](O)[C@H](C)[C@@H](O[C@H]2O[C@@H](C)C[C@@H](C)[C@@H]2O)[C@](C)(O)C[C@@H](C)CN(CCCN(CCC#N)C(=O)NC(C)C)[C@H](C)[C@@H](O)[C@]1(C)O. The molecule has 14 nitrogen and oxygen atoms in total. The molecule has 2 aliphatic rings. The van der Waals surface area contributed by atoms with Crippen molar-refractivity contribution in [1.29, 1.82) is 5.26 Å². The first-order valence-corrected chi connectivity index (χ1v) is 19.3. The largest absolute Gasteiger partial charge is 0.459 e. The number of carbonyl (C=O) groups is 2. The van der Waals surface area contributed by atoms with Gasteiger partial charge in [0.2, 0.25) is 0 Å². The van der Waals surface area contributed by atoms with E-state index in [4.69, 9.17) is 14.2 Å². The molecule has 0 saturated carbocycles. The molecule has 2 rings (SSSR count). The maximum absolute atomic E-state index is 13.6. The van der Waals surface area contributed by atoms with Gasteiger partial charge in [-0.25, -0.2) is 4.79 Å². The Labute approximate surface area is 311 Å². The lowest BCUT2D eigenvalue weighted by atomic mass is 9.78. The summed E-state index contributed by atoms with van der Waals surface area (Å²) in [6.07, 6.45) is -5.57. The number of aliphatic hydroxyl groups excluding tert-OH is 3. The third kappa shape index (κ3) is 12.2. The molecule has 0 aromatic carbocycles. The van der Waals surface area contributed by atoms with Gasteiger partial charge in [0, 0.05) is 44.2 Å². The monoisotopic (exact) mass is 743 g/mol. The summed E-state index contributed by atoms with van der Waals surface area (Å²) < 4.78 is 18.2. The van der Waals surface area contributed by atoms with Crippen molar-refractivity contribution < 1.29 is 49.3 Å². The molecule has 0 unspecified atom stereocenters. The van der Waals surface area contributed by atoms with Gasteiger partial charge in [-0.05, 0) is 86.0 Å². The number of hydrogen-bond donors (Lipinski definition) is 6. The minimum Gasteiger partial charge on any atom is -0.459 e. The molecule has 0 radical (unpaired) electrons. The number of ether oxygens (including phenoxy) is 3. The van der Waals surface area contributed by atoms with Crippen LogP contribution < -0.4 is 5.32 Å². The van der Waals surface area contributed by atoms with Crippen molar-refractivity contribution in [2.75, 3.05) is 26.2 Å². The summed E-state index contributed by atoms with van der Waals surface area (Å²) in [5, 5.41) is 70.4. The number of nitrogens with zero attached hydrogens (tertiary/aromatic N) is 3. The molecule has 0 aromatic heterocycles. The molecule has 14 heteroatoms. The molecule has 52 heavy (non-hydrogen) atoms. The van der Waals surface area contributed by atoms with Crippen LogP contribution in [0.1, 0.15) is 108 Å². The minimum atomic E-state index is -1.88. The quantitative estimate of drug-likeness (QED) is 0.179. The molecule has 0 bridgehead atoms. The van der Waals surface area contributed by atoms with Crippen LogP contribution in [0.3, 0.4) is 0 Å². The highest BCUT2D eigenvalue weighted by molar-refractivity contribution is 5.74. The van der Waals surface area contributed by atoms with Crippen LogP contribution in [0.2, 0.25) is 0 Å². The molecule has 2 aliphatic heterocycles. The number of esters is 1. The predicted molar refractivity (Wildman–Crippen MR) is 196 cm³/mol. The molecule has 2 saturated heterocycles. The second-order valence-electron chi connectivity index (χ2n) is 16.5. The average Bonchev–Trinajstić information content (AvgIpc) is 3.05. The lowest BCUT2D eigenvalue weighted by Gasteiger charge is -2.45. The van der Waals surface area contributed by atoms with Crippen molar-refractivity contribution in [3.05, 3.63) is 0 Å². The Kier molecular flexibility index (Phi) is 17.7. The fraction of sp³-hybridized carbons (Fsp3) is 0.921. The van der Waals surface area contributed by atoms with Gasteiger partial charge in [0.15, 0.2) is 6.29 Å². The zero-order valence-corrected chi connectivity index (χ0v) is 33.5. The summed E-state index contributed by atoms with van der Waals surface area (Å²) in [7, 11) is 0. The maximum atomic E-state index is 13.6. The molecule has 2 amide bonds. The third-order valence-corrected chi connectivity index (χ3v) is 11.0. The van der Waals surface area contributed by atoms with Crippen molar-refractivity contribution >= 4 is 12.0 Å². The summed E-state index contributed by atoms with van der Waals surface area (Å²) in [5.41, 5.74) is -3.47. The number of amides is 2. The first kappa shape index (κ1) is 46.1. The van der Waals surface area contributed by atoms with Gasteiger partial charge in [0.25, 0.3) is 0 Å². The van der Waals surface area contributed by atoms with Crippen LogP contribution >= 0.6 is 0 Å². The van der Waals surface area contributed by atoms with E-state index in [0.717, 1.165) is 0 Å². The molecule has 0 aliphatic carbocycles. The molecule has 0 spiro atoms. The van der Waals surface area contributed by atoms with E-state index in [2.05, 4.69) is 11.4 Å². The highest BCUT2D eigenvalue weighted by Crippen LogP contribution is 2.37. The average molecular weight is 743 g/mol. The lowest BCUT2D eigenvalue weighted by molar-refractivity contribution is -0.298. The van der Waals surface area contributed by atoms with Gasteiger partial charge in [-0.15, -0.1) is 0 Å². The first-order chi connectivity index (χ1) is 24.1. The fourth-order valence-electron chi connectivity index (χ4n) is 7.96. The van der Waals surface area contributed by atoms with Crippen LogP contribution in [0.4, 0.5) is 4.79 Å². The molecule has 6 N–H and O–H groups in total. The summed E-state index contributed by atoms with van der Waals surface area (Å²) in [4.78, 5) is 30.0. The van der Waals surface area contributed by atoms with Crippen molar-refractivity contribution in [2.24, 2.45) is 23.7 Å². The third-order valence-electron chi connectivity index (χ3n) is 11.0. The van der Waals surface area contributed by atoms with Gasteiger partial charge in [0.1, 0.15) is 23.9 Å². The van der Waals surface area contributed by atoms with Crippen molar-refractivity contribution in [1.82, 2.24) is 15.1 Å². The fourth-order valence-corrected chi connectivity index (χ4v) is 7.96. The first-order valence-electron chi connectivity index (χ1n) is 19.3. The smallest absolute Gasteiger partial charge is 0.317 e. The second-order valence-corrected chi connectivity index (χ2v) is 16.5. The molecular formula is C38H70N4O10.